The molecular formula is C52H33F9O3S2. The lowest BCUT2D eigenvalue weighted by Gasteiger charge is -2.43. The highest BCUT2D eigenvalue weighted by molar-refractivity contribution is 8.33. The fourth-order valence-corrected chi connectivity index (χ4v) is 13.8. The first-order chi connectivity index (χ1) is 31.4. The Labute approximate surface area is 374 Å². The van der Waals surface area contributed by atoms with E-state index in [0.717, 1.165) is 10.8 Å². The largest absolute Gasteiger partial charge is 0.460 e. The van der Waals surface area contributed by atoms with Crippen molar-refractivity contribution in [1.29, 1.82) is 0 Å². The van der Waals surface area contributed by atoms with E-state index in [9.17, 15) is 30.4 Å². The monoisotopic (exact) mass is 940 g/mol. The minimum absolute atomic E-state index is 0.147. The van der Waals surface area contributed by atoms with Crippen LogP contribution in [0.3, 0.4) is 0 Å². The molecule has 0 aliphatic rings. The van der Waals surface area contributed by atoms with Crippen molar-refractivity contribution in [2.75, 3.05) is 0 Å². The van der Waals surface area contributed by atoms with Gasteiger partial charge in [0.1, 0.15) is 0 Å². The van der Waals surface area contributed by atoms with E-state index in [1.807, 2.05) is 42.5 Å². The summed E-state index contributed by atoms with van der Waals surface area (Å²) in [5, 5.41) is -3.06. The van der Waals surface area contributed by atoms with Gasteiger partial charge < -0.3 is 0 Å². The summed E-state index contributed by atoms with van der Waals surface area (Å²) in [5.41, 5.74) is 2.27. The van der Waals surface area contributed by atoms with E-state index in [1.54, 1.807) is 97.1 Å². The molecule has 66 heavy (non-hydrogen) atoms. The Bertz CT molecular complexity index is 3240. The molecule has 0 aliphatic carbocycles. The summed E-state index contributed by atoms with van der Waals surface area (Å²) in [6, 6.07) is 54.9. The summed E-state index contributed by atoms with van der Waals surface area (Å²) < 4.78 is 168. The smallest absolute Gasteiger partial charge is 0.202 e. The molecule has 0 heterocycles. The SMILES string of the molecule is O=S(=O)(OS(c1ccccc1)(c1ccccc1)c1c(-c2cccc3ccccc23)cc(-c2cccc3ccccc23)cc1-c1cccc2ccccc12)C(F)(F)C(F)(F)C(F)(F)C(F)(F)F. The maximum absolute atomic E-state index is 16.4. The van der Waals surface area contributed by atoms with Gasteiger partial charge in [0.15, 0.2) is 0 Å². The highest BCUT2D eigenvalue weighted by Crippen LogP contribution is 2.75. The second kappa shape index (κ2) is 16.4. The van der Waals surface area contributed by atoms with Gasteiger partial charge in [0.25, 0.3) is 0 Å². The summed E-state index contributed by atoms with van der Waals surface area (Å²) in [6.07, 6.45) is -7.31. The molecule has 0 saturated heterocycles. The topological polar surface area (TPSA) is 43.4 Å². The lowest BCUT2D eigenvalue weighted by Crippen LogP contribution is -2.63. The van der Waals surface area contributed by atoms with Gasteiger partial charge in [-0.05, 0) is 112 Å². The van der Waals surface area contributed by atoms with Gasteiger partial charge in [-0.1, -0.05) is 164 Å². The van der Waals surface area contributed by atoms with Gasteiger partial charge in [-0.2, -0.15) is 47.9 Å². The Morgan fingerprint density at radius 1 is 0.364 bits per heavy atom. The van der Waals surface area contributed by atoms with Crippen molar-refractivity contribution in [2.45, 2.75) is 38.0 Å². The molecule has 9 aromatic rings. The fraction of sp³-hybridized carbons (Fsp3) is 0.0769. The van der Waals surface area contributed by atoms with Crippen molar-refractivity contribution in [1.82, 2.24) is 0 Å². The van der Waals surface area contributed by atoms with Gasteiger partial charge in [0, 0.05) is 14.7 Å². The van der Waals surface area contributed by atoms with Crippen LogP contribution in [0.15, 0.2) is 215 Å². The third kappa shape index (κ3) is 7.09. The van der Waals surface area contributed by atoms with E-state index in [0.29, 0.717) is 43.8 Å². The third-order valence-electron chi connectivity index (χ3n) is 11.4. The Balaban J connectivity index is 1.52. The minimum atomic E-state index is -7.58. The Hall–Kier alpha value is -6.61. The number of hydrogen-bond acceptors (Lipinski definition) is 3. The Morgan fingerprint density at radius 2 is 0.712 bits per heavy atom. The van der Waals surface area contributed by atoms with Crippen molar-refractivity contribution < 1.29 is 51.6 Å². The molecule has 9 aromatic carbocycles. The van der Waals surface area contributed by atoms with Crippen LogP contribution in [0.25, 0.3) is 65.7 Å². The van der Waals surface area contributed by atoms with E-state index in [4.69, 9.17) is 3.63 Å². The quantitative estimate of drug-likeness (QED) is 0.121. The summed E-state index contributed by atoms with van der Waals surface area (Å²) in [4.78, 5) is -0.577. The van der Waals surface area contributed by atoms with Crippen LogP contribution < -0.4 is 0 Å². The van der Waals surface area contributed by atoms with Crippen molar-refractivity contribution in [3.8, 4) is 33.4 Å². The lowest BCUT2D eigenvalue weighted by atomic mass is 9.88. The van der Waals surface area contributed by atoms with Crippen LogP contribution in [0.4, 0.5) is 39.5 Å². The van der Waals surface area contributed by atoms with Crippen LogP contribution >= 0.6 is 10.3 Å². The average molecular weight is 941 g/mol. The van der Waals surface area contributed by atoms with Gasteiger partial charge in [0.2, 0.25) is 0 Å². The number of hydrogen-bond donors (Lipinski definition) is 0. The van der Waals surface area contributed by atoms with Gasteiger partial charge in [0.05, 0.1) is 0 Å². The van der Waals surface area contributed by atoms with E-state index in [2.05, 4.69) is 0 Å². The zero-order chi connectivity index (χ0) is 46.7. The standard InChI is InChI=1S/C52H33F9O3S2/c53-49(54,51(57,58)59)50(55,56)52(60,61)66(62,63)64-65(38-22-3-1-4-23-38,39-24-5-2-6-25-39)48-46(44-30-14-20-35-17-8-11-27-41(35)44)32-37(43-29-13-19-34-16-7-10-26-40(34)43)33-47(48)45-31-15-21-36-18-9-12-28-42(36)45/h1-33H. The molecule has 0 bridgehead atoms. The maximum Gasteiger partial charge on any atom is 0.460 e. The second-order valence-electron chi connectivity index (χ2n) is 15.3. The molecule has 0 spiro atoms. The van der Waals surface area contributed by atoms with Crippen LogP contribution in [-0.2, 0) is 13.7 Å². The van der Waals surface area contributed by atoms with E-state index >= 15 is 17.6 Å². The average Bonchev–Trinajstić information content (AvgIpc) is 3.32. The van der Waals surface area contributed by atoms with E-state index in [1.165, 1.54) is 60.7 Å². The Morgan fingerprint density at radius 3 is 1.12 bits per heavy atom. The zero-order valence-electron chi connectivity index (χ0n) is 34.0. The molecule has 3 nitrogen and oxygen atoms in total. The molecule has 0 atom stereocenters. The van der Waals surface area contributed by atoms with Crippen LogP contribution in [0.2, 0.25) is 0 Å². The lowest BCUT2D eigenvalue weighted by molar-refractivity contribution is -0.382. The summed E-state index contributed by atoms with van der Waals surface area (Å²) in [5.74, 6) is -15.1. The summed E-state index contributed by atoms with van der Waals surface area (Å²) in [7, 11) is -12.1. The highest BCUT2D eigenvalue weighted by Gasteiger charge is 2.86. The van der Waals surface area contributed by atoms with Crippen LogP contribution in [0, 0.1) is 0 Å². The normalized spacial score (nSPS) is 13.3. The molecule has 0 radical (unpaired) electrons. The summed E-state index contributed by atoms with van der Waals surface area (Å²) >= 11 is 0. The van der Waals surface area contributed by atoms with Gasteiger partial charge >= 0.3 is 33.4 Å². The Kier molecular flexibility index (Phi) is 11.1. The van der Waals surface area contributed by atoms with Crippen LogP contribution in [0.1, 0.15) is 0 Å². The molecule has 9 rings (SSSR count). The van der Waals surface area contributed by atoms with Crippen molar-refractivity contribution in [3.05, 3.63) is 200 Å². The van der Waals surface area contributed by atoms with Gasteiger partial charge in [-0.15, -0.1) is 0 Å². The molecule has 0 saturated carbocycles. The molecule has 334 valence electrons. The second-order valence-corrected chi connectivity index (χ2v) is 19.8. The molecular weight excluding hydrogens is 908 g/mol. The third-order valence-corrected chi connectivity index (χ3v) is 16.7. The number of benzene rings is 9. The molecule has 14 heteroatoms. The predicted octanol–water partition coefficient (Wildman–Crippen LogP) is 16.1. The molecule has 0 amide bonds. The number of fused-ring (bicyclic) bond motifs is 3. The van der Waals surface area contributed by atoms with Crippen molar-refractivity contribution in [3.63, 3.8) is 0 Å². The van der Waals surface area contributed by atoms with Crippen LogP contribution in [-0.4, -0.2) is 31.7 Å². The fourth-order valence-electron chi connectivity index (χ4n) is 8.30. The molecule has 0 unspecified atom stereocenters. The highest BCUT2D eigenvalue weighted by atomic mass is 32.3. The zero-order valence-corrected chi connectivity index (χ0v) is 35.6. The van der Waals surface area contributed by atoms with Gasteiger partial charge in [-0.25, -0.2) is 3.63 Å². The maximum atomic E-state index is 16.4. The summed E-state index contributed by atoms with van der Waals surface area (Å²) in [6.45, 7) is 0. The van der Waals surface area contributed by atoms with Crippen LogP contribution in [0.5, 0.6) is 0 Å². The minimum Gasteiger partial charge on any atom is -0.202 e. The first-order valence-corrected chi connectivity index (χ1v) is 23.1. The molecule has 0 fully saturated rings. The van der Waals surface area contributed by atoms with E-state index in [-0.39, 0.29) is 25.8 Å². The first-order valence-electron chi connectivity index (χ1n) is 20.1. The van der Waals surface area contributed by atoms with E-state index < -0.39 is 43.7 Å². The molecule has 0 aromatic heterocycles. The van der Waals surface area contributed by atoms with Gasteiger partial charge in [-0.3, -0.25) is 0 Å². The van der Waals surface area contributed by atoms with Crippen molar-refractivity contribution in [2.24, 2.45) is 0 Å². The number of halogens is 9. The number of rotatable bonds is 11. The first kappa shape index (κ1) is 44.6. The molecule has 0 aliphatic heterocycles. The van der Waals surface area contributed by atoms with Crippen molar-refractivity contribution >= 4 is 52.7 Å². The number of alkyl halides is 9. The molecule has 0 N–H and O–H groups in total. The predicted molar refractivity (Wildman–Crippen MR) is 241 cm³/mol.